The van der Waals surface area contributed by atoms with Crippen molar-refractivity contribution in [2.75, 3.05) is 21.3 Å². The molecule has 2 aromatic heterocycles. The standard InChI is InChI=1S/C30H27BN6O3/c1-38-28-13-7-4-10-22(28)25-16-19-35(32-25)31(36-20-17-26(33-36)23-11-5-8-14-29(23)39-2)37-21-18-27(34-37)24-12-6-9-15-30(24)40-3/h4-21H,1-3H3. The van der Waals surface area contributed by atoms with Crippen LogP contribution in [0.5, 0.6) is 17.2 Å². The van der Waals surface area contributed by atoms with E-state index in [-0.39, 0.29) is 0 Å². The molecule has 1 aliphatic rings. The summed E-state index contributed by atoms with van der Waals surface area (Å²) < 4.78 is 20.4. The number of hydrogen-bond acceptors (Lipinski definition) is 7. The van der Waals surface area contributed by atoms with Crippen LogP contribution < -0.4 is 19.3 Å². The van der Waals surface area contributed by atoms with Gasteiger partial charge in [-0.3, -0.25) is 0 Å². The van der Waals surface area contributed by atoms with Crippen LogP contribution in [0.4, 0.5) is 0 Å². The normalized spacial score (nSPS) is 12.6. The second kappa shape index (κ2) is 10.9. The maximum Gasteiger partial charge on any atom is 0.318 e. The van der Waals surface area contributed by atoms with Gasteiger partial charge in [-0.2, -0.15) is 0 Å². The van der Waals surface area contributed by atoms with E-state index in [2.05, 4.69) is 0 Å². The van der Waals surface area contributed by atoms with Gasteiger partial charge in [0.15, 0.2) is 0 Å². The molecule has 1 aliphatic heterocycles. The number of hydrazone groups is 1. The number of para-hydroxylation sites is 3. The Kier molecular flexibility index (Phi) is 6.80. The number of benzene rings is 3. The Balaban J connectivity index is 1.43. The summed E-state index contributed by atoms with van der Waals surface area (Å²) in [5.74, 6) is 2.25. The van der Waals surface area contributed by atoms with Crippen molar-refractivity contribution in [3.8, 4) is 39.8 Å². The zero-order chi connectivity index (χ0) is 27.5. The Morgan fingerprint density at radius 2 is 1.05 bits per heavy atom. The number of ether oxygens (including phenoxy) is 3. The van der Waals surface area contributed by atoms with E-state index in [4.69, 9.17) is 29.5 Å². The Labute approximate surface area is 232 Å². The summed E-state index contributed by atoms with van der Waals surface area (Å²) >= 11 is 0. The number of aromatic nitrogens is 4. The lowest BCUT2D eigenvalue weighted by atomic mass is 9.94. The summed E-state index contributed by atoms with van der Waals surface area (Å²) in [5.41, 5.74) is 5.01. The van der Waals surface area contributed by atoms with Gasteiger partial charge >= 0.3 is 12.8 Å². The molecular formula is C30H27BN6O3. The molecule has 0 amide bonds. The minimum absolute atomic E-state index is 0.532. The average Bonchev–Trinajstić information content (AvgIpc) is 3.80. The zero-order valence-corrected chi connectivity index (χ0v) is 22.4. The fraction of sp³-hybridized carbons (Fsp3) is 0.100. The molecule has 0 aliphatic carbocycles. The molecule has 0 unspecified atom stereocenters. The first-order valence-corrected chi connectivity index (χ1v) is 12.8. The largest absolute Gasteiger partial charge is 0.496 e. The van der Waals surface area contributed by atoms with Gasteiger partial charge in [0.1, 0.15) is 22.3 Å². The molecule has 0 bridgehead atoms. The molecule has 0 saturated carbocycles. The molecule has 10 heteroatoms. The monoisotopic (exact) mass is 530 g/mol. The highest BCUT2D eigenvalue weighted by Gasteiger charge is 2.30. The quantitative estimate of drug-likeness (QED) is 0.263. The van der Waals surface area contributed by atoms with Crippen LogP contribution >= 0.6 is 0 Å². The van der Waals surface area contributed by atoms with E-state index in [9.17, 15) is 0 Å². The molecule has 3 heterocycles. The van der Waals surface area contributed by atoms with Gasteiger partial charge in [-0.15, -0.1) is 0 Å². The summed E-state index contributed by atoms with van der Waals surface area (Å²) in [5, 5.41) is 14.8. The first kappa shape index (κ1) is 25.1. The minimum atomic E-state index is -0.532. The van der Waals surface area contributed by atoms with Crippen LogP contribution in [-0.4, -0.2) is 58.5 Å². The Hall–Kier alpha value is -5.25. The molecule has 0 N–H and O–H groups in total. The molecule has 198 valence electrons. The third-order valence-electron chi connectivity index (χ3n) is 6.68. The molecule has 0 spiro atoms. The molecule has 3 aromatic carbocycles. The molecule has 0 atom stereocenters. The van der Waals surface area contributed by atoms with Gasteiger partial charge in [-0.1, -0.05) is 36.4 Å². The van der Waals surface area contributed by atoms with Gasteiger partial charge in [-0.25, -0.2) is 15.1 Å². The first-order chi connectivity index (χ1) is 19.7. The van der Waals surface area contributed by atoms with Crippen molar-refractivity contribution in [3.05, 3.63) is 115 Å². The second-order valence-electron chi connectivity index (χ2n) is 8.99. The smallest absolute Gasteiger partial charge is 0.318 e. The SMILES string of the molecule is COc1ccccc1C1=[N+]N([B-](n2ccc(-c3ccccc3OC)n2)n2ccc(-c3ccccc3OC)n2)C=C1. The number of hydrogen-bond donors (Lipinski definition) is 0. The Morgan fingerprint density at radius 3 is 1.55 bits per heavy atom. The molecule has 0 saturated heterocycles. The van der Waals surface area contributed by atoms with E-state index in [1.54, 1.807) is 21.3 Å². The average molecular weight is 530 g/mol. The van der Waals surface area contributed by atoms with E-state index in [0.717, 1.165) is 51.0 Å². The minimum Gasteiger partial charge on any atom is -0.496 e. The topological polar surface area (TPSA) is 80.7 Å². The lowest BCUT2D eigenvalue weighted by Crippen LogP contribution is -2.49. The summed E-state index contributed by atoms with van der Waals surface area (Å²) in [6.45, 7) is 0. The molecular weight excluding hydrogens is 503 g/mol. The van der Waals surface area contributed by atoms with Gasteiger partial charge in [-0.05, 0) is 60.9 Å². The molecule has 5 aromatic rings. The van der Waals surface area contributed by atoms with Gasteiger partial charge < -0.3 is 23.4 Å². The summed E-state index contributed by atoms with van der Waals surface area (Å²) in [4.78, 5) is 1.83. The zero-order valence-electron chi connectivity index (χ0n) is 22.4. The van der Waals surface area contributed by atoms with E-state index in [1.165, 1.54) is 0 Å². The number of allylic oxidation sites excluding steroid dienone is 1. The summed E-state index contributed by atoms with van der Waals surface area (Å²) in [7, 11) is 4.44. The predicted octanol–water partition coefficient (Wildman–Crippen LogP) is 4.39. The third-order valence-corrected chi connectivity index (χ3v) is 6.68. The summed E-state index contributed by atoms with van der Waals surface area (Å²) in [6.07, 6.45) is 7.71. The predicted molar refractivity (Wildman–Crippen MR) is 155 cm³/mol. The van der Waals surface area contributed by atoms with Crippen molar-refractivity contribution in [2.24, 2.45) is 0 Å². The van der Waals surface area contributed by atoms with Gasteiger partial charge in [0, 0.05) is 23.4 Å². The van der Waals surface area contributed by atoms with Crippen molar-refractivity contribution >= 4 is 12.8 Å². The highest BCUT2D eigenvalue weighted by Crippen LogP contribution is 2.30. The maximum absolute atomic E-state index is 5.58. The Morgan fingerprint density at radius 1 is 0.600 bits per heavy atom. The van der Waals surface area contributed by atoms with E-state index >= 15 is 0 Å². The van der Waals surface area contributed by atoms with Gasteiger partial charge in [0.2, 0.25) is 0 Å². The fourth-order valence-electron chi connectivity index (χ4n) is 4.76. The van der Waals surface area contributed by atoms with Crippen LogP contribution in [0.15, 0.2) is 110 Å². The van der Waals surface area contributed by atoms with E-state index in [1.807, 2.05) is 124 Å². The first-order valence-electron chi connectivity index (χ1n) is 12.8. The van der Waals surface area contributed by atoms with Crippen molar-refractivity contribution in [3.63, 3.8) is 0 Å². The van der Waals surface area contributed by atoms with Crippen LogP contribution in [-0.2, 0) is 0 Å². The van der Waals surface area contributed by atoms with Crippen LogP contribution in [0.25, 0.3) is 22.5 Å². The van der Waals surface area contributed by atoms with E-state index in [0.29, 0.717) is 0 Å². The lowest BCUT2D eigenvalue weighted by Gasteiger charge is -2.28. The van der Waals surface area contributed by atoms with E-state index < -0.39 is 7.12 Å². The molecule has 40 heavy (non-hydrogen) atoms. The fourth-order valence-corrected chi connectivity index (χ4v) is 4.76. The molecule has 6 rings (SSSR count). The van der Waals surface area contributed by atoms with Crippen molar-refractivity contribution in [2.45, 2.75) is 0 Å². The molecule has 9 nitrogen and oxygen atoms in total. The maximum atomic E-state index is 5.58. The van der Waals surface area contributed by atoms with Crippen molar-refractivity contribution in [1.82, 2.24) is 29.4 Å². The Bertz CT molecular complexity index is 1620. The number of rotatable bonds is 9. The number of nitrogens with zero attached hydrogens (tertiary/aromatic N) is 6. The van der Waals surface area contributed by atoms with Crippen LogP contribution in [0, 0.1) is 0 Å². The van der Waals surface area contributed by atoms with Crippen molar-refractivity contribution in [1.29, 1.82) is 0 Å². The number of methoxy groups -OCH3 is 3. The van der Waals surface area contributed by atoms with Gasteiger partial charge in [0.25, 0.3) is 0 Å². The second-order valence-corrected chi connectivity index (χ2v) is 8.99. The molecule has 0 fully saturated rings. The highest BCUT2D eigenvalue weighted by molar-refractivity contribution is 6.52. The van der Waals surface area contributed by atoms with Crippen LogP contribution in [0.3, 0.4) is 0 Å². The van der Waals surface area contributed by atoms with Crippen LogP contribution in [0.2, 0.25) is 0 Å². The lowest BCUT2D eigenvalue weighted by molar-refractivity contribution is 0.413. The van der Waals surface area contributed by atoms with Crippen LogP contribution in [0.1, 0.15) is 5.56 Å². The van der Waals surface area contributed by atoms with Gasteiger partial charge in [0.05, 0.1) is 38.3 Å². The molecule has 2 radical (unpaired) electrons. The third kappa shape index (κ3) is 4.60. The highest BCUT2D eigenvalue weighted by atomic mass is 16.5. The summed E-state index contributed by atoms with van der Waals surface area (Å²) in [6, 6.07) is 27.4. The van der Waals surface area contributed by atoms with Crippen molar-refractivity contribution < 1.29 is 14.2 Å².